The van der Waals surface area contributed by atoms with Gasteiger partial charge < -0.3 is 5.73 Å². The Labute approximate surface area is 125 Å². The number of aryl methyl sites for hydroxylation is 1. The lowest BCUT2D eigenvalue weighted by Gasteiger charge is -2.14. The van der Waals surface area contributed by atoms with Crippen LogP contribution in [-0.2, 0) is 6.42 Å². The fourth-order valence-corrected chi connectivity index (χ4v) is 2.40. The molecule has 0 aliphatic rings. The molecule has 2 rings (SSSR count). The predicted molar refractivity (Wildman–Crippen MR) is 80.9 cm³/mol. The number of rotatable bonds is 3. The summed E-state index contributed by atoms with van der Waals surface area (Å²) in [6.07, 6.45) is 0.579. The lowest BCUT2D eigenvalue weighted by molar-refractivity contribution is 0.579. The summed E-state index contributed by atoms with van der Waals surface area (Å²) >= 11 is 9.18. The van der Waals surface area contributed by atoms with E-state index in [-0.39, 0.29) is 5.82 Å². The summed E-state index contributed by atoms with van der Waals surface area (Å²) in [6.45, 7) is 2.03. The van der Waals surface area contributed by atoms with E-state index in [4.69, 9.17) is 17.3 Å². The molecule has 4 heteroatoms. The molecule has 100 valence electrons. The molecule has 0 heterocycles. The zero-order valence-corrected chi connectivity index (χ0v) is 12.8. The molecule has 1 nitrogen and oxygen atoms in total. The molecule has 0 saturated carbocycles. The molecule has 0 amide bonds. The summed E-state index contributed by atoms with van der Waals surface area (Å²) in [7, 11) is 0. The highest BCUT2D eigenvalue weighted by Crippen LogP contribution is 2.29. The summed E-state index contributed by atoms with van der Waals surface area (Å²) < 4.78 is 14.4. The van der Waals surface area contributed by atoms with Gasteiger partial charge in [0.05, 0.1) is 5.02 Å². The number of nitrogens with two attached hydrogens (primary N) is 1. The monoisotopic (exact) mass is 341 g/mol. The molecule has 1 atom stereocenters. The number of hydrogen-bond acceptors (Lipinski definition) is 1. The minimum atomic E-state index is -0.409. The van der Waals surface area contributed by atoms with Crippen LogP contribution in [-0.4, -0.2) is 0 Å². The molecule has 2 aromatic rings. The van der Waals surface area contributed by atoms with Crippen LogP contribution in [0.3, 0.4) is 0 Å². The van der Waals surface area contributed by atoms with Gasteiger partial charge in [0, 0.05) is 16.1 Å². The Morgan fingerprint density at radius 3 is 2.53 bits per heavy atom. The van der Waals surface area contributed by atoms with Crippen molar-refractivity contribution < 1.29 is 4.39 Å². The number of halogens is 3. The molecule has 0 fully saturated rings. The fourth-order valence-electron chi connectivity index (χ4n) is 1.91. The Bertz CT molecular complexity index is 583. The third kappa shape index (κ3) is 3.56. The van der Waals surface area contributed by atoms with Crippen LogP contribution in [0.25, 0.3) is 0 Å². The van der Waals surface area contributed by atoms with Crippen molar-refractivity contribution in [3.8, 4) is 0 Å². The Balaban J connectivity index is 2.22. The molecule has 1 unspecified atom stereocenters. The van der Waals surface area contributed by atoms with Gasteiger partial charge in [0.2, 0.25) is 0 Å². The molecular weight excluding hydrogens is 329 g/mol. The molecule has 0 aliphatic carbocycles. The van der Waals surface area contributed by atoms with Crippen molar-refractivity contribution >= 4 is 27.5 Å². The van der Waals surface area contributed by atoms with Gasteiger partial charge in [-0.2, -0.15) is 0 Å². The number of hydrogen-bond donors (Lipinski definition) is 1. The van der Waals surface area contributed by atoms with Gasteiger partial charge in [-0.3, -0.25) is 0 Å². The van der Waals surface area contributed by atoms with Gasteiger partial charge in [-0.1, -0.05) is 41.4 Å². The molecule has 2 N–H and O–H groups in total. The lowest BCUT2D eigenvalue weighted by atomic mass is 9.98. The third-order valence-corrected chi connectivity index (χ3v) is 4.21. The molecule has 2 aromatic carbocycles. The molecular formula is C15H14BrClFN. The summed E-state index contributed by atoms with van der Waals surface area (Å²) in [6, 6.07) is 10.6. The van der Waals surface area contributed by atoms with Crippen molar-refractivity contribution in [1.29, 1.82) is 0 Å². The largest absolute Gasteiger partial charge is 0.324 e. The van der Waals surface area contributed by atoms with Crippen molar-refractivity contribution in [3.63, 3.8) is 0 Å². The van der Waals surface area contributed by atoms with Crippen LogP contribution >= 0.6 is 27.5 Å². The second-order valence-corrected chi connectivity index (χ2v) is 5.85. The molecule has 0 saturated heterocycles. The predicted octanol–water partition coefficient (Wildman–Crippen LogP) is 4.79. The molecule has 0 aromatic heterocycles. The fraction of sp³-hybridized carbons (Fsp3) is 0.200. The minimum Gasteiger partial charge on any atom is -0.324 e. The molecule has 19 heavy (non-hydrogen) atoms. The van der Waals surface area contributed by atoms with Gasteiger partial charge in [-0.25, -0.2) is 4.39 Å². The number of benzene rings is 2. The summed E-state index contributed by atoms with van der Waals surface area (Å²) in [5.74, 6) is -0.337. The maximum Gasteiger partial charge on any atom is 0.129 e. The maximum absolute atomic E-state index is 13.9. The minimum absolute atomic E-state index is 0.337. The first-order valence-corrected chi connectivity index (χ1v) is 7.10. The van der Waals surface area contributed by atoms with Crippen molar-refractivity contribution in [3.05, 3.63) is 68.4 Å². The average Bonchev–Trinajstić information content (AvgIpc) is 2.36. The van der Waals surface area contributed by atoms with Gasteiger partial charge in [-0.05, 0) is 47.0 Å². The topological polar surface area (TPSA) is 26.0 Å². The standard InChI is InChI=1S/C15H14BrClFN/c1-9-2-4-10(5-3-9)6-15(19)11-7-13(17)12(16)8-14(11)18/h2-5,7-8,15H,6,19H2,1H3. The van der Waals surface area contributed by atoms with Crippen LogP contribution in [0.2, 0.25) is 5.02 Å². The van der Waals surface area contributed by atoms with Crippen molar-refractivity contribution in [2.45, 2.75) is 19.4 Å². The highest BCUT2D eigenvalue weighted by Gasteiger charge is 2.14. The highest BCUT2D eigenvalue weighted by atomic mass is 79.9. The van der Waals surface area contributed by atoms with Gasteiger partial charge >= 0.3 is 0 Å². The van der Waals surface area contributed by atoms with Gasteiger partial charge in [0.1, 0.15) is 5.82 Å². The first-order valence-electron chi connectivity index (χ1n) is 5.93. The average molecular weight is 343 g/mol. The zero-order valence-electron chi connectivity index (χ0n) is 10.5. The van der Waals surface area contributed by atoms with Crippen LogP contribution in [0, 0.1) is 12.7 Å². The van der Waals surface area contributed by atoms with Gasteiger partial charge in [0.25, 0.3) is 0 Å². The van der Waals surface area contributed by atoms with Crippen molar-refractivity contribution in [2.75, 3.05) is 0 Å². The van der Waals surface area contributed by atoms with E-state index >= 15 is 0 Å². The summed E-state index contributed by atoms with van der Waals surface area (Å²) in [5, 5.41) is 0.468. The van der Waals surface area contributed by atoms with E-state index in [2.05, 4.69) is 15.9 Å². The highest BCUT2D eigenvalue weighted by molar-refractivity contribution is 9.10. The maximum atomic E-state index is 13.9. The van der Waals surface area contributed by atoms with E-state index in [1.165, 1.54) is 11.6 Å². The molecule has 0 radical (unpaired) electrons. The second-order valence-electron chi connectivity index (χ2n) is 4.58. The Kier molecular flexibility index (Phi) is 4.61. The van der Waals surface area contributed by atoms with E-state index in [9.17, 15) is 4.39 Å². The van der Waals surface area contributed by atoms with Gasteiger partial charge in [0.15, 0.2) is 0 Å². The lowest BCUT2D eigenvalue weighted by Crippen LogP contribution is -2.15. The van der Waals surface area contributed by atoms with E-state index in [0.29, 0.717) is 21.5 Å². The van der Waals surface area contributed by atoms with E-state index in [1.54, 1.807) is 6.07 Å². The van der Waals surface area contributed by atoms with Crippen molar-refractivity contribution in [1.82, 2.24) is 0 Å². The SMILES string of the molecule is Cc1ccc(CC(N)c2cc(Cl)c(Br)cc2F)cc1. The van der Waals surface area contributed by atoms with Crippen LogP contribution in [0.1, 0.15) is 22.7 Å². The Morgan fingerprint density at radius 1 is 1.26 bits per heavy atom. The van der Waals surface area contributed by atoms with Crippen LogP contribution in [0.4, 0.5) is 4.39 Å². The van der Waals surface area contributed by atoms with Crippen LogP contribution < -0.4 is 5.73 Å². The van der Waals surface area contributed by atoms with Crippen LogP contribution in [0.15, 0.2) is 40.9 Å². The summed E-state index contributed by atoms with van der Waals surface area (Å²) in [4.78, 5) is 0. The first-order chi connectivity index (χ1) is 8.97. The second kappa shape index (κ2) is 6.04. The third-order valence-electron chi connectivity index (χ3n) is 3.02. The van der Waals surface area contributed by atoms with Crippen molar-refractivity contribution in [2.24, 2.45) is 5.73 Å². The summed E-state index contributed by atoms with van der Waals surface area (Å²) in [5.41, 5.74) is 8.78. The molecule has 0 bridgehead atoms. The zero-order chi connectivity index (χ0) is 14.0. The van der Waals surface area contributed by atoms with Gasteiger partial charge in [-0.15, -0.1) is 0 Å². The van der Waals surface area contributed by atoms with E-state index in [0.717, 1.165) is 5.56 Å². The smallest absolute Gasteiger partial charge is 0.129 e. The normalized spacial score (nSPS) is 12.5. The molecule has 0 spiro atoms. The van der Waals surface area contributed by atoms with Crippen LogP contribution in [0.5, 0.6) is 0 Å². The quantitative estimate of drug-likeness (QED) is 0.797. The van der Waals surface area contributed by atoms with E-state index in [1.807, 2.05) is 31.2 Å². The Morgan fingerprint density at radius 2 is 1.89 bits per heavy atom. The molecule has 0 aliphatic heterocycles. The van der Waals surface area contributed by atoms with E-state index < -0.39 is 6.04 Å². The Hall–Kier alpha value is -0.900. The first kappa shape index (κ1) is 14.5.